The fraction of sp³-hybridized carbons (Fsp3) is 0.579. The second-order valence-corrected chi connectivity index (χ2v) is 6.70. The predicted molar refractivity (Wildman–Crippen MR) is 105 cm³/mol. The molecule has 0 aliphatic carbocycles. The van der Waals surface area contributed by atoms with Crippen LogP contribution >= 0.6 is 0 Å². The molecule has 1 amide bonds. The number of ether oxygens (including phenoxy) is 1. The van der Waals surface area contributed by atoms with Gasteiger partial charge in [0.1, 0.15) is 5.75 Å². The van der Waals surface area contributed by atoms with Crippen LogP contribution < -0.4 is 10.1 Å². The van der Waals surface area contributed by atoms with Crippen molar-refractivity contribution in [2.45, 2.75) is 20.1 Å². The number of hydrogen-bond acceptors (Lipinski definition) is 4. The van der Waals surface area contributed by atoms with Crippen LogP contribution in [-0.2, 0) is 11.3 Å². The molecule has 9 heteroatoms. The Balaban J connectivity index is 1.74. The first kappa shape index (κ1) is 21.9. The number of guanidine groups is 1. The molecule has 1 aliphatic heterocycles. The summed E-state index contributed by atoms with van der Waals surface area (Å²) in [6.07, 6.45) is 0. The minimum atomic E-state index is -2.82. The zero-order valence-corrected chi connectivity index (χ0v) is 16.7. The summed E-state index contributed by atoms with van der Waals surface area (Å²) in [4.78, 5) is 21.8. The average Bonchev–Trinajstić information content (AvgIpc) is 2.66. The molecule has 7 nitrogen and oxygen atoms in total. The smallest absolute Gasteiger partial charge is 0.387 e. The van der Waals surface area contributed by atoms with Crippen LogP contribution in [0.3, 0.4) is 0 Å². The molecule has 0 saturated carbocycles. The largest absolute Gasteiger partial charge is 0.435 e. The fourth-order valence-electron chi connectivity index (χ4n) is 3.12. The number of piperazine rings is 1. The molecule has 1 saturated heterocycles. The number of carbonyl (C=O) groups excluding carboxylic acids is 1. The van der Waals surface area contributed by atoms with Crippen LogP contribution in [0.2, 0.25) is 0 Å². The summed E-state index contributed by atoms with van der Waals surface area (Å²) in [5.74, 6) is 1.04. The van der Waals surface area contributed by atoms with Gasteiger partial charge in [0.25, 0.3) is 0 Å². The van der Waals surface area contributed by atoms with Crippen molar-refractivity contribution in [2.75, 3.05) is 53.4 Å². The molecule has 2 rings (SSSR count). The van der Waals surface area contributed by atoms with E-state index in [2.05, 4.69) is 19.9 Å². The van der Waals surface area contributed by atoms with E-state index in [1.807, 2.05) is 16.8 Å². The first-order valence-corrected chi connectivity index (χ1v) is 9.32. The lowest BCUT2D eigenvalue weighted by Crippen LogP contribution is -2.50. The fourth-order valence-corrected chi connectivity index (χ4v) is 3.12. The van der Waals surface area contributed by atoms with Gasteiger partial charge >= 0.3 is 6.61 Å². The van der Waals surface area contributed by atoms with Crippen LogP contribution in [0.1, 0.15) is 12.5 Å². The lowest BCUT2D eigenvalue weighted by atomic mass is 10.2. The van der Waals surface area contributed by atoms with E-state index in [9.17, 15) is 13.6 Å². The molecule has 0 radical (unpaired) electrons. The quantitative estimate of drug-likeness (QED) is 0.558. The van der Waals surface area contributed by atoms with E-state index >= 15 is 0 Å². The van der Waals surface area contributed by atoms with Gasteiger partial charge in [0.05, 0.1) is 0 Å². The molecule has 1 aliphatic rings. The third-order valence-electron chi connectivity index (χ3n) is 4.67. The predicted octanol–water partition coefficient (Wildman–Crippen LogP) is 1.46. The Morgan fingerprint density at radius 2 is 1.89 bits per heavy atom. The van der Waals surface area contributed by atoms with Gasteiger partial charge in [-0.15, -0.1) is 0 Å². The summed E-state index contributed by atoms with van der Waals surface area (Å²) in [5, 5.41) is 3.34. The second-order valence-electron chi connectivity index (χ2n) is 6.70. The minimum Gasteiger partial charge on any atom is -0.435 e. The number of benzene rings is 1. The Kier molecular flexibility index (Phi) is 8.43. The van der Waals surface area contributed by atoms with Crippen molar-refractivity contribution >= 4 is 11.9 Å². The number of carbonyl (C=O) groups is 1. The summed E-state index contributed by atoms with van der Waals surface area (Å²) >= 11 is 0. The molecule has 1 heterocycles. The lowest BCUT2D eigenvalue weighted by Gasteiger charge is -2.34. The van der Waals surface area contributed by atoms with E-state index in [-0.39, 0.29) is 11.7 Å². The van der Waals surface area contributed by atoms with Crippen molar-refractivity contribution in [3.05, 3.63) is 29.8 Å². The average molecular weight is 397 g/mol. The van der Waals surface area contributed by atoms with Crippen LogP contribution in [0.5, 0.6) is 5.75 Å². The third-order valence-corrected chi connectivity index (χ3v) is 4.67. The van der Waals surface area contributed by atoms with Crippen molar-refractivity contribution in [2.24, 2.45) is 4.99 Å². The number of nitrogens with one attached hydrogen (secondary N) is 1. The normalized spacial score (nSPS) is 15.6. The topological polar surface area (TPSA) is 60.4 Å². The highest BCUT2D eigenvalue weighted by atomic mass is 19.3. The van der Waals surface area contributed by atoms with Crippen molar-refractivity contribution in [3.63, 3.8) is 0 Å². The monoisotopic (exact) mass is 397 g/mol. The maximum absolute atomic E-state index is 12.2. The summed E-state index contributed by atoms with van der Waals surface area (Å²) in [6.45, 7) is 4.30. The summed E-state index contributed by atoms with van der Waals surface area (Å²) in [6, 6.07) is 6.59. The molecule has 1 aromatic carbocycles. The van der Waals surface area contributed by atoms with Crippen LogP contribution in [0.4, 0.5) is 8.78 Å². The first-order chi connectivity index (χ1) is 13.4. The number of aliphatic imine (C=N–C) groups is 1. The van der Waals surface area contributed by atoms with Gasteiger partial charge in [0, 0.05) is 66.8 Å². The zero-order valence-electron chi connectivity index (χ0n) is 16.7. The van der Waals surface area contributed by atoms with E-state index in [1.54, 1.807) is 26.1 Å². The van der Waals surface area contributed by atoms with Crippen molar-refractivity contribution in [3.8, 4) is 5.75 Å². The number of hydrogen-bond donors (Lipinski definition) is 1. The summed E-state index contributed by atoms with van der Waals surface area (Å²) in [7, 11) is 3.65. The van der Waals surface area contributed by atoms with E-state index in [0.29, 0.717) is 6.54 Å². The molecule has 0 bridgehead atoms. The number of alkyl halides is 2. The number of halogens is 2. The molecular formula is C19H29F2N5O2. The van der Waals surface area contributed by atoms with E-state index in [0.717, 1.165) is 50.8 Å². The van der Waals surface area contributed by atoms with Gasteiger partial charge in [0.15, 0.2) is 5.96 Å². The van der Waals surface area contributed by atoms with Crippen molar-refractivity contribution < 1.29 is 18.3 Å². The Morgan fingerprint density at radius 3 is 2.43 bits per heavy atom. The van der Waals surface area contributed by atoms with Gasteiger partial charge in [-0.3, -0.25) is 14.7 Å². The Bertz CT molecular complexity index is 646. The highest BCUT2D eigenvalue weighted by Gasteiger charge is 2.18. The van der Waals surface area contributed by atoms with Crippen LogP contribution in [0, 0.1) is 0 Å². The van der Waals surface area contributed by atoms with E-state index < -0.39 is 6.61 Å². The molecule has 0 spiro atoms. The minimum absolute atomic E-state index is 0.133. The maximum Gasteiger partial charge on any atom is 0.387 e. The van der Waals surface area contributed by atoms with Gasteiger partial charge in [-0.25, -0.2) is 0 Å². The van der Waals surface area contributed by atoms with Gasteiger partial charge in [-0.1, -0.05) is 12.1 Å². The molecule has 1 N–H and O–H groups in total. The SMILES string of the molecule is CN=C(NCCN1CCN(C(C)=O)CC1)N(C)Cc1ccc(OC(F)F)cc1. The molecule has 156 valence electrons. The first-order valence-electron chi connectivity index (χ1n) is 9.32. The highest BCUT2D eigenvalue weighted by molar-refractivity contribution is 5.79. The van der Waals surface area contributed by atoms with Crippen molar-refractivity contribution in [1.82, 2.24) is 20.0 Å². The molecule has 0 unspecified atom stereocenters. The number of rotatable bonds is 7. The van der Waals surface area contributed by atoms with Gasteiger partial charge in [-0.2, -0.15) is 8.78 Å². The standard InChI is InChI=1S/C19H29F2N5O2/c1-15(27)26-12-10-25(11-13-26)9-8-23-19(22-2)24(3)14-16-4-6-17(7-5-16)28-18(20)21/h4-7,18H,8-14H2,1-3H3,(H,22,23). The van der Waals surface area contributed by atoms with Crippen LogP contribution in [0.15, 0.2) is 29.3 Å². The highest BCUT2D eigenvalue weighted by Crippen LogP contribution is 2.15. The van der Waals surface area contributed by atoms with Crippen molar-refractivity contribution in [1.29, 1.82) is 0 Å². The number of amides is 1. The van der Waals surface area contributed by atoms with E-state index in [1.165, 1.54) is 12.1 Å². The molecule has 0 atom stereocenters. The van der Waals surface area contributed by atoms with Crippen LogP contribution in [0.25, 0.3) is 0 Å². The van der Waals surface area contributed by atoms with Crippen LogP contribution in [-0.4, -0.2) is 86.5 Å². The molecule has 1 fully saturated rings. The van der Waals surface area contributed by atoms with Gasteiger partial charge in [-0.05, 0) is 17.7 Å². The van der Waals surface area contributed by atoms with Gasteiger partial charge < -0.3 is 19.9 Å². The second kappa shape index (κ2) is 10.8. The molecular weight excluding hydrogens is 368 g/mol. The molecule has 0 aromatic heterocycles. The Morgan fingerprint density at radius 1 is 1.25 bits per heavy atom. The Labute approximate surface area is 165 Å². The lowest BCUT2D eigenvalue weighted by molar-refractivity contribution is -0.130. The molecule has 1 aromatic rings. The third kappa shape index (κ3) is 6.95. The van der Waals surface area contributed by atoms with E-state index in [4.69, 9.17) is 0 Å². The Hall–Kier alpha value is -2.42. The molecule has 28 heavy (non-hydrogen) atoms. The zero-order chi connectivity index (χ0) is 20.5. The summed E-state index contributed by atoms with van der Waals surface area (Å²) < 4.78 is 28.8. The number of nitrogens with zero attached hydrogens (tertiary/aromatic N) is 4. The summed E-state index contributed by atoms with van der Waals surface area (Å²) in [5.41, 5.74) is 0.965. The maximum atomic E-state index is 12.2. The van der Waals surface area contributed by atoms with Gasteiger partial charge in [0.2, 0.25) is 5.91 Å².